The summed E-state index contributed by atoms with van der Waals surface area (Å²) in [6, 6.07) is 9.76. The Morgan fingerprint density at radius 3 is 1.57 bits per heavy atom. The maximum absolute atomic E-state index is 13.3. The van der Waals surface area contributed by atoms with Crippen LogP contribution in [0.1, 0.15) is 0 Å². The fraction of sp³-hybridized carbons (Fsp3) is 0.400. The third kappa shape index (κ3) is 7.49. The van der Waals surface area contributed by atoms with Gasteiger partial charge in [-0.1, -0.05) is 0 Å². The van der Waals surface area contributed by atoms with Crippen molar-refractivity contribution in [1.29, 1.82) is 0 Å². The summed E-state index contributed by atoms with van der Waals surface area (Å²) < 4.78 is 137. The van der Waals surface area contributed by atoms with Gasteiger partial charge in [0, 0.05) is 0 Å². The van der Waals surface area contributed by atoms with Crippen molar-refractivity contribution in [3.8, 4) is 5.75 Å². The Labute approximate surface area is 221 Å². The number of hydrogen-bond acceptors (Lipinski definition) is 6. The molecule has 0 saturated heterocycles. The summed E-state index contributed by atoms with van der Waals surface area (Å²) in [5.74, 6) is -0.583. The average molecular weight is 723 g/mol. The molecule has 0 aromatic heterocycles. The second-order valence-electron chi connectivity index (χ2n) is 9.82. The predicted octanol–water partition coefficient (Wildman–Crippen LogP) is 5.33. The average Bonchev–Trinajstić information content (AvgIpc) is 2.69. The van der Waals surface area contributed by atoms with E-state index in [1.165, 1.54) is 30.3 Å². The van der Waals surface area contributed by atoms with Gasteiger partial charge in [-0.3, -0.25) is 0 Å². The van der Waals surface area contributed by atoms with Crippen LogP contribution in [-0.2, 0) is 22.7 Å². The fourth-order valence-corrected chi connectivity index (χ4v) is 16.2. The molecule has 0 N–H and O–H groups in total. The second kappa shape index (κ2) is 10.4. The molecule has 0 aliphatic heterocycles. The molecule has 0 aliphatic carbocycles. The molecular formula is C20H25F6IO6S2Si2. The van der Waals surface area contributed by atoms with Crippen LogP contribution in [0.15, 0.2) is 42.5 Å². The first-order valence-electron chi connectivity index (χ1n) is 10.3. The van der Waals surface area contributed by atoms with E-state index in [4.69, 9.17) is 2.51 Å². The normalized spacial score (nSPS) is 14.4. The van der Waals surface area contributed by atoms with Gasteiger partial charge in [0.15, 0.2) is 0 Å². The summed E-state index contributed by atoms with van der Waals surface area (Å²) in [5, 5.41) is 0.289. The van der Waals surface area contributed by atoms with Crippen LogP contribution in [0, 0.1) is 7.14 Å². The predicted molar refractivity (Wildman–Crippen MR) is 142 cm³/mol. The zero-order chi connectivity index (χ0) is 28.8. The van der Waals surface area contributed by atoms with Gasteiger partial charge < -0.3 is 0 Å². The van der Waals surface area contributed by atoms with E-state index >= 15 is 0 Å². The molecular weight excluding hydrogens is 697 g/mol. The fourth-order valence-electron chi connectivity index (χ4n) is 2.93. The van der Waals surface area contributed by atoms with E-state index < -0.39 is 73.4 Å². The maximum atomic E-state index is 13.3. The molecule has 2 rings (SSSR count). The molecule has 37 heavy (non-hydrogen) atoms. The summed E-state index contributed by atoms with van der Waals surface area (Å²) in [7, 11) is -17.5. The van der Waals surface area contributed by atoms with Gasteiger partial charge in [0.2, 0.25) is 0 Å². The Balaban J connectivity index is 2.98. The summed E-state index contributed by atoms with van der Waals surface area (Å²) in [5.41, 5.74) is -11.4. The summed E-state index contributed by atoms with van der Waals surface area (Å²) in [6.07, 6.45) is 0. The number of hydrogen-bond donors (Lipinski definition) is 0. The number of rotatable bonds is 8. The number of benzene rings is 2. The van der Waals surface area contributed by atoms with Crippen molar-refractivity contribution in [2.24, 2.45) is 0 Å². The van der Waals surface area contributed by atoms with Crippen LogP contribution in [0.5, 0.6) is 5.75 Å². The molecule has 0 saturated carbocycles. The topological polar surface area (TPSA) is 86.7 Å². The molecule has 0 unspecified atom stereocenters. The van der Waals surface area contributed by atoms with Crippen molar-refractivity contribution in [2.45, 2.75) is 50.3 Å². The van der Waals surface area contributed by atoms with Gasteiger partial charge in [-0.2, -0.15) is 0 Å². The summed E-state index contributed by atoms with van der Waals surface area (Å²) in [4.78, 5) is 0. The van der Waals surface area contributed by atoms with E-state index in [9.17, 15) is 43.2 Å². The van der Waals surface area contributed by atoms with Crippen LogP contribution in [0.3, 0.4) is 0 Å². The van der Waals surface area contributed by atoms with Crippen molar-refractivity contribution in [3.05, 3.63) is 49.6 Å². The van der Waals surface area contributed by atoms with E-state index in [-0.39, 0.29) is 17.5 Å². The molecule has 2 aromatic carbocycles. The molecule has 0 fully saturated rings. The molecule has 0 amide bonds. The molecule has 0 bridgehead atoms. The van der Waals surface area contributed by atoms with Crippen LogP contribution >= 0.6 is 20.2 Å². The zero-order valence-corrected chi connectivity index (χ0v) is 26.2. The third-order valence-electron chi connectivity index (χ3n) is 4.71. The van der Waals surface area contributed by atoms with Gasteiger partial charge in [-0.25, -0.2) is 0 Å². The van der Waals surface area contributed by atoms with Gasteiger partial charge in [0.05, 0.1) is 0 Å². The van der Waals surface area contributed by atoms with E-state index in [1.54, 1.807) is 45.3 Å². The zero-order valence-electron chi connectivity index (χ0n) is 20.5. The van der Waals surface area contributed by atoms with E-state index in [1.807, 2.05) is 0 Å². The van der Waals surface area contributed by atoms with Crippen LogP contribution < -0.4 is 14.6 Å². The SMILES string of the molecule is C[Si](C)(C)c1cc(I(OS(=O)(=O)C(F)(F)F)c2ccccc2)c([Si](C)(C)C)cc1OS(=O)(=O)C(F)(F)F. The molecule has 2 aromatic rings. The van der Waals surface area contributed by atoms with E-state index in [2.05, 4.69) is 4.18 Å². The Bertz CT molecular complexity index is 1350. The van der Waals surface area contributed by atoms with Crippen molar-refractivity contribution in [2.75, 3.05) is 0 Å². The van der Waals surface area contributed by atoms with Crippen LogP contribution in [0.4, 0.5) is 26.3 Å². The molecule has 0 aliphatic rings. The monoisotopic (exact) mass is 722 g/mol. The standard InChI is InChI=1S/C20H25F6IO6S2Si2/c1-36(2,3)17-13-16(32-34(28,29)19(21,22)23)18(37(4,5)6)12-15(17)27(14-10-8-7-9-11-14)33-35(30,31)20(24,25)26/h7-13H,1-6H3. The Kier molecular flexibility index (Phi) is 9.04. The minimum absolute atomic E-state index is 0.0589. The summed E-state index contributed by atoms with van der Waals surface area (Å²) in [6.45, 7) is 10.2. The van der Waals surface area contributed by atoms with Gasteiger partial charge in [0.25, 0.3) is 0 Å². The molecule has 0 spiro atoms. The molecule has 17 heteroatoms. The van der Waals surface area contributed by atoms with Gasteiger partial charge >= 0.3 is 223 Å². The quantitative estimate of drug-likeness (QED) is 0.121. The van der Waals surface area contributed by atoms with Crippen LogP contribution in [-0.4, -0.2) is 44.0 Å². The van der Waals surface area contributed by atoms with Crippen molar-refractivity contribution >= 4 is 67.0 Å². The molecule has 0 atom stereocenters. The van der Waals surface area contributed by atoms with E-state index in [0.717, 1.165) is 6.07 Å². The molecule has 0 radical (unpaired) electrons. The molecule has 6 nitrogen and oxygen atoms in total. The van der Waals surface area contributed by atoms with Crippen LogP contribution in [0.25, 0.3) is 0 Å². The Hall–Kier alpha value is -1.16. The van der Waals surface area contributed by atoms with Crippen molar-refractivity contribution < 1.29 is 49.9 Å². The Morgan fingerprint density at radius 1 is 0.703 bits per heavy atom. The summed E-state index contributed by atoms with van der Waals surface area (Å²) >= 11 is -3.94. The minimum atomic E-state index is -6.05. The van der Waals surface area contributed by atoms with Crippen molar-refractivity contribution in [1.82, 2.24) is 0 Å². The number of alkyl halides is 6. The number of halogens is 7. The molecule has 0 heterocycles. The van der Waals surface area contributed by atoms with Crippen LogP contribution in [0.2, 0.25) is 39.3 Å². The first-order valence-corrected chi connectivity index (χ1v) is 23.2. The van der Waals surface area contributed by atoms with Gasteiger partial charge in [-0.05, 0) is 0 Å². The first kappa shape index (κ1) is 32.1. The Morgan fingerprint density at radius 2 is 1.16 bits per heavy atom. The van der Waals surface area contributed by atoms with E-state index in [0.29, 0.717) is 0 Å². The first-order chi connectivity index (χ1) is 16.4. The van der Waals surface area contributed by atoms with Crippen molar-refractivity contribution in [3.63, 3.8) is 0 Å². The second-order valence-corrected chi connectivity index (χ2v) is 27.8. The molecule has 210 valence electrons. The third-order valence-corrected chi connectivity index (χ3v) is 17.4. The van der Waals surface area contributed by atoms with Gasteiger partial charge in [0.1, 0.15) is 0 Å². The van der Waals surface area contributed by atoms with Gasteiger partial charge in [-0.15, -0.1) is 0 Å².